The number of amidine groups is 1. The lowest BCUT2D eigenvalue weighted by molar-refractivity contribution is -0.116. The first-order valence-electron chi connectivity index (χ1n) is 15.3. The van der Waals surface area contributed by atoms with E-state index in [2.05, 4.69) is 22.7 Å². The van der Waals surface area contributed by atoms with Gasteiger partial charge in [-0.15, -0.1) is 0 Å². The van der Waals surface area contributed by atoms with E-state index in [-0.39, 0.29) is 28.1 Å². The molecule has 0 unspecified atom stereocenters. The zero-order chi connectivity index (χ0) is 31.0. The van der Waals surface area contributed by atoms with Gasteiger partial charge in [0.05, 0.1) is 33.8 Å². The van der Waals surface area contributed by atoms with Crippen LogP contribution in [0.5, 0.6) is 0 Å². The van der Waals surface area contributed by atoms with Crippen LogP contribution in [0.1, 0.15) is 103 Å². The molecule has 0 aromatic heterocycles. The molecule has 3 rings (SSSR count). The lowest BCUT2D eigenvalue weighted by Gasteiger charge is -2.19. The Morgan fingerprint density at radius 3 is 1.98 bits per heavy atom. The number of hydrogen-bond donors (Lipinski definition) is 2. The average molecular weight is 673 g/mol. The number of carbonyl (C=O) groups excluding carboxylic acids is 2. The van der Waals surface area contributed by atoms with Crippen LogP contribution in [0.25, 0.3) is 0 Å². The van der Waals surface area contributed by atoms with Crippen LogP contribution in [0, 0.1) is 0 Å². The number of nitrogens with zero attached hydrogens (tertiary/aromatic N) is 2. The summed E-state index contributed by atoms with van der Waals surface area (Å²) in [5.41, 5.74) is 4.04. The van der Waals surface area contributed by atoms with Gasteiger partial charge < -0.3 is 4.74 Å². The largest absolute Gasteiger partial charge is 0.449 e. The Bertz CT molecular complexity index is 1220. The highest BCUT2D eigenvalue weighted by Gasteiger charge is 2.30. The first-order chi connectivity index (χ1) is 20.8. The summed E-state index contributed by atoms with van der Waals surface area (Å²) in [6, 6.07) is 7.88. The second-order valence-electron chi connectivity index (χ2n) is 10.8. The van der Waals surface area contributed by atoms with E-state index in [9.17, 15) is 9.59 Å². The summed E-state index contributed by atoms with van der Waals surface area (Å²) in [6.45, 7) is 2.62. The fourth-order valence-electron chi connectivity index (χ4n) is 4.88. The lowest BCUT2D eigenvalue weighted by atomic mass is 10.0. The number of nitrogens with one attached hydrogen (secondary N) is 2. The molecule has 1 aliphatic heterocycles. The maximum Gasteiger partial charge on any atom is 0.411 e. The minimum absolute atomic E-state index is 0.0233. The predicted octanol–water partition coefficient (Wildman–Crippen LogP) is 11.3. The van der Waals surface area contributed by atoms with E-state index in [1.807, 2.05) is 0 Å². The van der Waals surface area contributed by atoms with Crippen molar-refractivity contribution < 1.29 is 14.3 Å². The van der Waals surface area contributed by atoms with E-state index in [1.165, 1.54) is 87.8 Å². The molecule has 1 heterocycles. The Labute approximate surface area is 275 Å². The molecule has 2 amide bonds. The van der Waals surface area contributed by atoms with Crippen molar-refractivity contribution in [2.75, 3.05) is 16.9 Å². The van der Waals surface area contributed by atoms with Gasteiger partial charge in [-0.1, -0.05) is 137 Å². The number of anilines is 2. The van der Waals surface area contributed by atoms with Crippen molar-refractivity contribution in [3.05, 3.63) is 50.4 Å². The van der Waals surface area contributed by atoms with E-state index < -0.39 is 6.09 Å². The molecule has 2 N–H and O–H groups in total. The third kappa shape index (κ3) is 12.4. The third-order valence-corrected chi connectivity index (χ3v) is 8.31. The van der Waals surface area contributed by atoms with Crippen LogP contribution in [0.15, 0.2) is 35.3 Å². The first kappa shape index (κ1) is 35.3. The summed E-state index contributed by atoms with van der Waals surface area (Å²) in [5.74, 6) is 0.0360. The Hall–Kier alpha value is -2.19. The zero-order valence-electron chi connectivity index (χ0n) is 24.8. The van der Waals surface area contributed by atoms with E-state index in [0.717, 1.165) is 19.3 Å². The number of halogens is 4. The summed E-state index contributed by atoms with van der Waals surface area (Å²) >= 11 is 24.9. The van der Waals surface area contributed by atoms with Crippen molar-refractivity contribution in [2.24, 2.45) is 4.99 Å². The Balaban J connectivity index is 1.34. The number of aliphatic imine (C=N–C) groups is 1. The average Bonchev–Trinajstić information content (AvgIpc) is 3.31. The monoisotopic (exact) mass is 670 g/mol. The predicted molar refractivity (Wildman–Crippen MR) is 181 cm³/mol. The lowest BCUT2D eigenvalue weighted by Crippen LogP contribution is -2.36. The third-order valence-electron chi connectivity index (χ3n) is 7.19. The molecule has 1 fully saturated rings. The number of hydrazine groups is 1. The smallest absolute Gasteiger partial charge is 0.411 e. The molecule has 1 saturated heterocycles. The molecule has 43 heavy (non-hydrogen) atoms. The van der Waals surface area contributed by atoms with Gasteiger partial charge in [-0.05, 0) is 36.8 Å². The van der Waals surface area contributed by atoms with Crippen molar-refractivity contribution in [1.29, 1.82) is 0 Å². The molecule has 11 heteroatoms. The van der Waals surface area contributed by atoms with E-state index >= 15 is 0 Å². The molecule has 2 aromatic carbocycles. The zero-order valence-corrected chi connectivity index (χ0v) is 27.9. The van der Waals surface area contributed by atoms with Crippen molar-refractivity contribution >= 4 is 81.3 Å². The number of hydrogen-bond acceptors (Lipinski definition) is 4. The van der Waals surface area contributed by atoms with Crippen molar-refractivity contribution in [1.82, 2.24) is 5.43 Å². The molecule has 2 aromatic rings. The second-order valence-corrected chi connectivity index (χ2v) is 12.5. The van der Waals surface area contributed by atoms with Crippen LogP contribution < -0.4 is 15.8 Å². The minimum atomic E-state index is -0.539. The summed E-state index contributed by atoms with van der Waals surface area (Å²) in [6.07, 6.45) is 17.2. The van der Waals surface area contributed by atoms with Crippen LogP contribution >= 0.6 is 46.4 Å². The summed E-state index contributed by atoms with van der Waals surface area (Å²) < 4.78 is 5.35. The molecular weight excluding hydrogens is 630 g/mol. The van der Waals surface area contributed by atoms with E-state index in [1.54, 1.807) is 18.2 Å². The molecule has 0 bridgehead atoms. The molecule has 0 spiro atoms. The van der Waals surface area contributed by atoms with Gasteiger partial charge in [0.1, 0.15) is 11.5 Å². The van der Waals surface area contributed by atoms with Crippen LogP contribution in [-0.2, 0) is 9.53 Å². The van der Waals surface area contributed by atoms with Gasteiger partial charge >= 0.3 is 6.09 Å². The van der Waals surface area contributed by atoms with E-state index in [0.29, 0.717) is 33.9 Å². The van der Waals surface area contributed by atoms with Crippen molar-refractivity contribution in [2.45, 2.75) is 103 Å². The molecule has 0 aliphatic carbocycles. The van der Waals surface area contributed by atoms with Gasteiger partial charge in [0.25, 0.3) is 5.91 Å². The van der Waals surface area contributed by atoms with Gasteiger partial charge in [0.15, 0.2) is 0 Å². The molecule has 0 radical (unpaired) electrons. The van der Waals surface area contributed by atoms with Crippen molar-refractivity contribution in [3.8, 4) is 0 Å². The molecule has 0 atom stereocenters. The van der Waals surface area contributed by atoms with Crippen molar-refractivity contribution in [3.63, 3.8) is 0 Å². The Kier molecular flexibility index (Phi) is 15.8. The summed E-state index contributed by atoms with van der Waals surface area (Å²) in [7, 11) is 0. The van der Waals surface area contributed by atoms with Gasteiger partial charge in [-0.25, -0.2) is 14.8 Å². The van der Waals surface area contributed by atoms with E-state index in [4.69, 9.17) is 51.1 Å². The fourth-order valence-corrected chi connectivity index (χ4v) is 6.03. The Morgan fingerprint density at radius 1 is 0.837 bits per heavy atom. The first-order valence-corrected chi connectivity index (χ1v) is 16.8. The van der Waals surface area contributed by atoms with Crippen LogP contribution in [-0.4, -0.2) is 24.4 Å². The SMILES string of the molecule is CCCCCCCCCCCCCCCCOC(=O)Nc1ccc(Cl)c(N=C2CC(=O)N(c3c(Cl)cc(Cl)cc3Cl)N2)c1. The van der Waals surface area contributed by atoms with Gasteiger partial charge in [-0.3, -0.25) is 15.5 Å². The maximum atomic E-state index is 12.7. The molecule has 1 aliphatic rings. The number of benzene rings is 2. The van der Waals surface area contributed by atoms with Gasteiger partial charge in [0.2, 0.25) is 0 Å². The normalized spacial score (nSPS) is 13.9. The highest BCUT2D eigenvalue weighted by Crippen LogP contribution is 2.37. The topological polar surface area (TPSA) is 83.0 Å². The second kappa shape index (κ2) is 19.3. The number of amides is 2. The maximum absolute atomic E-state index is 12.7. The molecule has 0 saturated carbocycles. The molecule has 236 valence electrons. The van der Waals surface area contributed by atoms with Crippen LogP contribution in [0.4, 0.5) is 21.9 Å². The van der Waals surface area contributed by atoms with Gasteiger partial charge in [0, 0.05) is 10.7 Å². The fraction of sp³-hybridized carbons (Fsp3) is 0.531. The minimum Gasteiger partial charge on any atom is -0.449 e. The number of ether oxygens (including phenoxy) is 1. The number of carbonyl (C=O) groups is 2. The molecule has 7 nitrogen and oxygen atoms in total. The van der Waals surface area contributed by atoms with Gasteiger partial charge in [-0.2, -0.15) is 0 Å². The number of unbranched alkanes of at least 4 members (excludes halogenated alkanes) is 13. The highest BCUT2D eigenvalue weighted by atomic mass is 35.5. The summed E-state index contributed by atoms with van der Waals surface area (Å²) in [5, 5.41) is 5.08. The Morgan fingerprint density at radius 2 is 1.40 bits per heavy atom. The van der Waals surface area contributed by atoms with Crippen LogP contribution in [0.3, 0.4) is 0 Å². The standard InChI is InChI=1S/C32H42Cl4N4O3/c1-2-3-4-5-6-7-8-9-10-11-12-13-14-15-18-43-32(42)37-24-16-17-25(34)28(21-24)38-29-22-30(41)40(39-29)31-26(35)19-23(33)20-27(31)36/h16-17,19-21H,2-15,18,22H2,1H3,(H,37,42)(H,38,39). The number of rotatable bonds is 18. The quantitative estimate of drug-likeness (QED) is 0.154. The summed E-state index contributed by atoms with van der Waals surface area (Å²) in [4.78, 5) is 29.5. The highest BCUT2D eigenvalue weighted by molar-refractivity contribution is 6.42. The van der Waals surface area contributed by atoms with Crippen LogP contribution in [0.2, 0.25) is 20.1 Å². The molecular formula is C32H42Cl4N4O3.